The van der Waals surface area contributed by atoms with Crippen molar-refractivity contribution in [3.05, 3.63) is 59.7 Å². The number of hydrogen-bond donors (Lipinski definition) is 0. The molecular formula is C17H20O3. The van der Waals surface area contributed by atoms with Gasteiger partial charge >= 0.3 is 5.97 Å². The summed E-state index contributed by atoms with van der Waals surface area (Å²) >= 11 is 0. The van der Waals surface area contributed by atoms with Crippen LogP contribution in [0.4, 0.5) is 0 Å². The van der Waals surface area contributed by atoms with E-state index in [-0.39, 0.29) is 5.97 Å². The summed E-state index contributed by atoms with van der Waals surface area (Å²) in [5.74, 6) is -0.307. The third kappa shape index (κ3) is 2.99. The molecule has 0 saturated heterocycles. The van der Waals surface area contributed by atoms with E-state index < -0.39 is 5.60 Å². The van der Waals surface area contributed by atoms with Crippen molar-refractivity contribution < 1.29 is 14.3 Å². The summed E-state index contributed by atoms with van der Waals surface area (Å²) in [6.45, 7) is 2.77. The molecule has 0 bridgehead atoms. The topological polar surface area (TPSA) is 35.5 Å². The molecule has 0 fully saturated rings. The van der Waals surface area contributed by atoms with Crippen LogP contribution in [0.2, 0.25) is 0 Å². The highest BCUT2D eigenvalue weighted by Crippen LogP contribution is 2.35. The maximum Gasteiger partial charge on any atom is 0.337 e. The van der Waals surface area contributed by atoms with Gasteiger partial charge in [0.25, 0.3) is 0 Å². The SMILES string of the molecule is CCCOC1(c2ccccc2)C=CC(C(=O)OC)=CC1. The third-order valence-corrected chi connectivity index (χ3v) is 3.40. The molecule has 1 aliphatic carbocycles. The van der Waals surface area contributed by atoms with Crippen LogP contribution in [0, 0.1) is 0 Å². The molecule has 0 heterocycles. The second-order valence-electron chi connectivity index (χ2n) is 4.79. The predicted molar refractivity (Wildman–Crippen MR) is 78.2 cm³/mol. The van der Waals surface area contributed by atoms with Crippen molar-refractivity contribution in [1.82, 2.24) is 0 Å². The van der Waals surface area contributed by atoms with Crippen LogP contribution in [0.25, 0.3) is 0 Å². The Morgan fingerprint density at radius 3 is 2.60 bits per heavy atom. The molecule has 0 N–H and O–H groups in total. The molecule has 106 valence electrons. The molecular weight excluding hydrogens is 252 g/mol. The lowest BCUT2D eigenvalue weighted by atomic mass is 9.85. The number of benzene rings is 1. The van der Waals surface area contributed by atoms with Crippen molar-refractivity contribution in [3.8, 4) is 0 Å². The van der Waals surface area contributed by atoms with E-state index in [1.54, 1.807) is 6.08 Å². The minimum Gasteiger partial charge on any atom is -0.465 e. The van der Waals surface area contributed by atoms with Gasteiger partial charge in [-0.15, -0.1) is 0 Å². The van der Waals surface area contributed by atoms with Gasteiger partial charge in [-0.2, -0.15) is 0 Å². The zero-order valence-corrected chi connectivity index (χ0v) is 12.0. The van der Waals surface area contributed by atoms with Crippen LogP contribution in [0.15, 0.2) is 54.1 Å². The van der Waals surface area contributed by atoms with Crippen molar-refractivity contribution >= 4 is 5.97 Å². The van der Waals surface area contributed by atoms with Crippen molar-refractivity contribution in [3.63, 3.8) is 0 Å². The molecule has 1 aromatic carbocycles. The number of carbonyl (C=O) groups is 1. The highest BCUT2D eigenvalue weighted by atomic mass is 16.5. The van der Waals surface area contributed by atoms with Crippen LogP contribution < -0.4 is 0 Å². The molecule has 2 rings (SSSR count). The van der Waals surface area contributed by atoms with Gasteiger partial charge in [0.2, 0.25) is 0 Å². The average Bonchev–Trinajstić information content (AvgIpc) is 2.53. The van der Waals surface area contributed by atoms with Gasteiger partial charge in [-0.05, 0) is 24.1 Å². The van der Waals surface area contributed by atoms with Crippen molar-refractivity contribution in [2.24, 2.45) is 0 Å². The molecule has 3 heteroatoms. The summed E-state index contributed by atoms with van der Waals surface area (Å²) < 4.78 is 10.8. The van der Waals surface area contributed by atoms with Gasteiger partial charge in [0.15, 0.2) is 0 Å². The highest BCUT2D eigenvalue weighted by Gasteiger charge is 2.32. The van der Waals surface area contributed by atoms with E-state index in [4.69, 9.17) is 9.47 Å². The molecule has 1 atom stereocenters. The molecule has 0 spiro atoms. The minimum atomic E-state index is -0.477. The number of methoxy groups -OCH3 is 1. The minimum absolute atomic E-state index is 0.307. The molecule has 1 aromatic rings. The predicted octanol–water partition coefficient (Wildman–Crippen LogP) is 3.37. The van der Waals surface area contributed by atoms with E-state index in [2.05, 4.69) is 19.1 Å². The highest BCUT2D eigenvalue weighted by molar-refractivity contribution is 5.91. The standard InChI is InChI=1S/C17H20O3/c1-3-13-20-17(15-7-5-4-6-8-15)11-9-14(10-12-17)16(18)19-2/h4-11H,3,12-13H2,1-2H3. The molecule has 0 radical (unpaired) electrons. The number of carbonyl (C=O) groups excluding carboxylic acids is 1. The molecule has 0 amide bonds. The third-order valence-electron chi connectivity index (χ3n) is 3.40. The second-order valence-corrected chi connectivity index (χ2v) is 4.79. The van der Waals surface area contributed by atoms with Gasteiger partial charge in [-0.1, -0.05) is 43.3 Å². The summed E-state index contributed by atoms with van der Waals surface area (Å²) in [7, 11) is 1.39. The summed E-state index contributed by atoms with van der Waals surface area (Å²) in [4.78, 5) is 11.5. The fourth-order valence-corrected chi connectivity index (χ4v) is 2.30. The van der Waals surface area contributed by atoms with E-state index in [0.717, 1.165) is 12.0 Å². The Bertz CT molecular complexity index is 516. The Balaban J connectivity index is 2.27. The Morgan fingerprint density at radius 2 is 2.05 bits per heavy atom. The van der Waals surface area contributed by atoms with Crippen molar-refractivity contribution in [2.75, 3.05) is 13.7 Å². The molecule has 1 unspecified atom stereocenters. The molecule has 1 aliphatic rings. The molecule has 3 nitrogen and oxygen atoms in total. The van der Waals surface area contributed by atoms with E-state index in [1.165, 1.54) is 7.11 Å². The van der Waals surface area contributed by atoms with Crippen molar-refractivity contribution in [1.29, 1.82) is 0 Å². The Kier molecular flexibility index (Phi) is 4.74. The summed E-state index contributed by atoms with van der Waals surface area (Å²) in [6, 6.07) is 10.1. The monoisotopic (exact) mass is 272 g/mol. The van der Waals surface area contributed by atoms with Gasteiger partial charge in [0.1, 0.15) is 5.60 Å². The number of ether oxygens (including phenoxy) is 2. The first-order chi connectivity index (χ1) is 9.72. The van der Waals surface area contributed by atoms with Crippen LogP contribution in [0.5, 0.6) is 0 Å². The van der Waals surface area contributed by atoms with Crippen LogP contribution in [0.3, 0.4) is 0 Å². The largest absolute Gasteiger partial charge is 0.465 e. The van der Waals surface area contributed by atoms with Gasteiger partial charge in [-0.3, -0.25) is 0 Å². The van der Waals surface area contributed by atoms with Crippen LogP contribution >= 0.6 is 0 Å². The smallest absolute Gasteiger partial charge is 0.337 e. The van der Waals surface area contributed by atoms with Crippen LogP contribution in [-0.2, 0) is 19.9 Å². The van der Waals surface area contributed by atoms with Crippen LogP contribution in [-0.4, -0.2) is 19.7 Å². The fourth-order valence-electron chi connectivity index (χ4n) is 2.30. The normalized spacial score (nSPS) is 21.4. The fraction of sp³-hybridized carbons (Fsp3) is 0.353. The first kappa shape index (κ1) is 14.5. The zero-order chi connectivity index (χ0) is 14.4. The molecule has 0 aromatic heterocycles. The summed E-state index contributed by atoms with van der Waals surface area (Å²) in [6.07, 6.45) is 7.23. The molecule has 20 heavy (non-hydrogen) atoms. The van der Waals surface area contributed by atoms with E-state index in [9.17, 15) is 4.79 Å². The second kappa shape index (κ2) is 6.53. The van der Waals surface area contributed by atoms with E-state index >= 15 is 0 Å². The number of hydrogen-bond acceptors (Lipinski definition) is 3. The molecule has 0 aliphatic heterocycles. The van der Waals surface area contributed by atoms with E-state index in [1.807, 2.05) is 30.4 Å². The van der Waals surface area contributed by atoms with Crippen LogP contribution in [0.1, 0.15) is 25.3 Å². The quantitative estimate of drug-likeness (QED) is 0.771. The summed E-state index contributed by atoms with van der Waals surface area (Å²) in [5, 5.41) is 0. The van der Waals surface area contributed by atoms with Gasteiger partial charge in [-0.25, -0.2) is 4.79 Å². The zero-order valence-electron chi connectivity index (χ0n) is 12.0. The van der Waals surface area contributed by atoms with Gasteiger partial charge in [0, 0.05) is 13.0 Å². The Morgan fingerprint density at radius 1 is 1.30 bits per heavy atom. The number of esters is 1. The maximum absolute atomic E-state index is 11.5. The Hall–Kier alpha value is -1.87. The van der Waals surface area contributed by atoms with Gasteiger partial charge < -0.3 is 9.47 Å². The Labute approximate surface area is 119 Å². The average molecular weight is 272 g/mol. The molecule has 0 saturated carbocycles. The lowest BCUT2D eigenvalue weighted by Gasteiger charge is -2.33. The first-order valence-electron chi connectivity index (χ1n) is 6.89. The van der Waals surface area contributed by atoms with Gasteiger partial charge in [0.05, 0.1) is 12.7 Å². The maximum atomic E-state index is 11.5. The summed E-state index contributed by atoms with van der Waals surface area (Å²) in [5.41, 5.74) is 1.21. The van der Waals surface area contributed by atoms with Crippen molar-refractivity contribution in [2.45, 2.75) is 25.4 Å². The lowest BCUT2D eigenvalue weighted by Crippen LogP contribution is -2.29. The number of rotatable bonds is 5. The lowest BCUT2D eigenvalue weighted by molar-refractivity contribution is -0.135. The first-order valence-corrected chi connectivity index (χ1v) is 6.89. The van der Waals surface area contributed by atoms with E-state index in [0.29, 0.717) is 18.6 Å².